The van der Waals surface area contributed by atoms with Crippen LogP contribution in [0, 0.1) is 35.5 Å². The number of allylic oxidation sites excluding steroid dienone is 2. The number of esters is 2. The molecule has 0 aromatic heterocycles. The van der Waals surface area contributed by atoms with Crippen molar-refractivity contribution in [3.63, 3.8) is 0 Å². The molecular formula is C28H20Br4O4. The monoisotopic (exact) mass is 736 g/mol. The molecule has 10 rings (SSSR count). The number of carbonyl (C=O) groups excluding carboxylic acids is 2. The molecule has 2 aromatic rings. The zero-order chi connectivity index (χ0) is 24.9. The van der Waals surface area contributed by atoms with Crippen molar-refractivity contribution in [1.82, 2.24) is 0 Å². The second-order valence-corrected chi connectivity index (χ2v) is 14.4. The van der Waals surface area contributed by atoms with E-state index in [-0.39, 0.29) is 71.1 Å². The molecule has 0 N–H and O–H groups in total. The quantitative estimate of drug-likeness (QED) is 0.242. The highest BCUT2D eigenvalue weighted by molar-refractivity contribution is 9.13. The van der Waals surface area contributed by atoms with Crippen LogP contribution in [0.4, 0.5) is 0 Å². The number of hydrogen-bond donors (Lipinski definition) is 0. The molecule has 0 heterocycles. The van der Waals surface area contributed by atoms with E-state index in [4.69, 9.17) is 9.47 Å². The van der Waals surface area contributed by atoms with Gasteiger partial charge in [0.05, 0.1) is 26.1 Å². The van der Waals surface area contributed by atoms with Gasteiger partial charge < -0.3 is 9.47 Å². The minimum Gasteiger partial charge on any atom is -0.469 e. The van der Waals surface area contributed by atoms with Crippen molar-refractivity contribution in [2.45, 2.75) is 23.7 Å². The minimum atomic E-state index is -0.0845. The smallest absolute Gasteiger partial charge is 0.309 e. The first-order chi connectivity index (χ1) is 17.3. The highest BCUT2D eigenvalue weighted by Crippen LogP contribution is 2.83. The van der Waals surface area contributed by atoms with Crippen LogP contribution in [0.3, 0.4) is 0 Å². The molecule has 2 saturated carbocycles. The molecule has 8 aliphatic carbocycles. The number of methoxy groups -OCH3 is 2. The van der Waals surface area contributed by atoms with Gasteiger partial charge in [0.15, 0.2) is 0 Å². The summed E-state index contributed by atoms with van der Waals surface area (Å²) in [5.74, 6) is 1.40. The zero-order valence-electron chi connectivity index (χ0n) is 19.2. The Labute approximate surface area is 242 Å². The SMILES string of the molecule is COC(=O)C1[C@@H]2[C@H]1[C@@H]1C3=C([C@@H]4c5cc(Br)c(Br)cc5[C@H]3[C@@H]3C(C(=O)OC)[C@@H]34)[C@H]2c2cc(Br)c(Br)cc21. The van der Waals surface area contributed by atoms with Crippen molar-refractivity contribution in [2.75, 3.05) is 14.2 Å². The van der Waals surface area contributed by atoms with Crippen LogP contribution >= 0.6 is 63.7 Å². The summed E-state index contributed by atoms with van der Waals surface area (Å²) in [6.45, 7) is 0. The Hall–Kier alpha value is -0.960. The highest BCUT2D eigenvalue weighted by Gasteiger charge is 2.77. The van der Waals surface area contributed by atoms with E-state index in [1.54, 1.807) is 0 Å². The van der Waals surface area contributed by atoms with Crippen LogP contribution in [0.15, 0.2) is 53.3 Å². The third kappa shape index (κ3) is 2.56. The normalized spacial score (nSPS) is 38.9. The van der Waals surface area contributed by atoms with Crippen molar-refractivity contribution in [3.05, 3.63) is 75.6 Å². The molecule has 0 radical (unpaired) electrons. The van der Waals surface area contributed by atoms with Gasteiger partial charge in [-0.1, -0.05) is 11.1 Å². The van der Waals surface area contributed by atoms with E-state index in [1.165, 1.54) is 47.6 Å². The van der Waals surface area contributed by atoms with Crippen LogP contribution in [0.25, 0.3) is 0 Å². The Morgan fingerprint density at radius 1 is 0.556 bits per heavy atom. The lowest BCUT2D eigenvalue weighted by molar-refractivity contribution is -0.143. The number of ether oxygens (including phenoxy) is 2. The Morgan fingerprint density at radius 2 is 0.806 bits per heavy atom. The van der Waals surface area contributed by atoms with Gasteiger partial charge in [-0.2, -0.15) is 0 Å². The van der Waals surface area contributed by atoms with E-state index in [1.807, 2.05) is 0 Å². The molecule has 2 aromatic carbocycles. The molecule has 184 valence electrons. The fraction of sp³-hybridized carbons (Fsp3) is 0.429. The lowest BCUT2D eigenvalue weighted by atomic mass is 9.51. The van der Waals surface area contributed by atoms with Crippen LogP contribution in [0.2, 0.25) is 0 Å². The Kier molecular flexibility index (Phi) is 4.70. The number of rotatable bonds is 2. The van der Waals surface area contributed by atoms with Crippen molar-refractivity contribution in [1.29, 1.82) is 0 Å². The Balaban J connectivity index is 1.38. The maximum absolute atomic E-state index is 13.0. The predicted molar refractivity (Wildman–Crippen MR) is 147 cm³/mol. The maximum atomic E-state index is 13.0. The van der Waals surface area contributed by atoms with Crippen LogP contribution < -0.4 is 0 Å². The fourth-order valence-electron chi connectivity index (χ4n) is 9.00. The lowest BCUT2D eigenvalue weighted by Crippen LogP contribution is -2.39. The van der Waals surface area contributed by atoms with E-state index >= 15 is 0 Å². The number of benzene rings is 2. The van der Waals surface area contributed by atoms with Gasteiger partial charge in [-0.3, -0.25) is 9.59 Å². The van der Waals surface area contributed by atoms with Gasteiger partial charge in [0.25, 0.3) is 0 Å². The summed E-state index contributed by atoms with van der Waals surface area (Å²) in [4.78, 5) is 25.9. The third-order valence-electron chi connectivity index (χ3n) is 10.0. The summed E-state index contributed by atoms with van der Waals surface area (Å²) in [6.07, 6.45) is 0. The summed E-state index contributed by atoms with van der Waals surface area (Å²) in [7, 11) is 3.01. The molecule has 4 bridgehead atoms. The van der Waals surface area contributed by atoms with Gasteiger partial charge in [0.2, 0.25) is 0 Å². The number of hydrogen-bond acceptors (Lipinski definition) is 4. The van der Waals surface area contributed by atoms with Gasteiger partial charge in [-0.05, 0) is 134 Å². The summed E-state index contributed by atoms with van der Waals surface area (Å²) in [6, 6.07) is 9.03. The standard InChI is InChI=1S/C28H20Br4O4/c1-35-27(33)25-21-15-7-3-11(29)12(30)4-8(7)16(22(21)25)20-18-10-6-14(32)13(31)5-9(10)17(19(15)20)23-24(18)26(23)28(34)36-2/h3-6,15-18,21-26H,1-2H3/t15-,16+,17+,18-,21+,22-,23-,24+,25?,26?. The van der Waals surface area contributed by atoms with Crippen molar-refractivity contribution in [2.24, 2.45) is 35.5 Å². The molecule has 8 heteroatoms. The first kappa shape index (κ1) is 23.0. The summed E-state index contributed by atoms with van der Waals surface area (Å²) in [5, 5.41) is 0. The molecule has 4 nitrogen and oxygen atoms in total. The van der Waals surface area contributed by atoms with Crippen molar-refractivity contribution in [3.8, 4) is 0 Å². The molecule has 0 aliphatic heterocycles. The van der Waals surface area contributed by atoms with E-state index in [0.29, 0.717) is 0 Å². The average Bonchev–Trinajstić information content (AvgIpc) is 3.77. The van der Waals surface area contributed by atoms with Gasteiger partial charge >= 0.3 is 11.9 Å². The van der Waals surface area contributed by atoms with Gasteiger partial charge in [0.1, 0.15) is 0 Å². The third-order valence-corrected chi connectivity index (χ3v) is 13.7. The minimum absolute atomic E-state index is 0.0748. The Morgan fingerprint density at radius 3 is 1.03 bits per heavy atom. The van der Waals surface area contributed by atoms with Crippen LogP contribution in [-0.4, -0.2) is 26.2 Å². The molecule has 8 aliphatic rings. The van der Waals surface area contributed by atoms with Gasteiger partial charge in [-0.15, -0.1) is 0 Å². The summed E-state index contributed by atoms with van der Waals surface area (Å²) < 4.78 is 14.7. The van der Waals surface area contributed by atoms with Crippen LogP contribution in [0.1, 0.15) is 45.9 Å². The van der Waals surface area contributed by atoms with Crippen molar-refractivity contribution < 1.29 is 19.1 Å². The molecule has 10 atom stereocenters. The lowest BCUT2D eigenvalue weighted by Gasteiger charge is -2.53. The second-order valence-electron chi connectivity index (χ2n) is 11.0. The fourth-order valence-corrected chi connectivity index (χ4v) is 10.4. The summed E-state index contributed by atoms with van der Waals surface area (Å²) in [5.41, 5.74) is 8.29. The molecule has 0 spiro atoms. The topological polar surface area (TPSA) is 52.6 Å². The van der Waals surface area contributed by atoms with E-state index in [2.05, 4.69) is 88.0 Å². The first-order valence-electron chi connectivity index (χ1n) is 12.2. The molecular weight excluding hydrogens is 720 g/mol. The van der Waals surface area contributed by atoms with E-state index in [9.17, 15) is 9.59 Å². The maximum Gasteiger partial charge on any atom is 0.309 e. The van der Waals surface area contributed by atoms with E-state index < -0.39 is 0 Å². The average molecular weight is 740 g/mol. The predicted octanol–water partition coefficient (Wildman–Crippen LogP) is 7.19. The number of carbonyl (C=O) groups is 2. The number of halogens is 4. The largest absolute Gasteiger partial charge is 0.469 e. The molecule has 2 fully saturated rings. The highest BCUT2D eigenvalue weighted by atomic mass is 79.9. The van der Waals surface area contributed by atoms with Crippen LogP contribution in [-0.2, 0) is 19.1 Å². The second kappa shape index (κ2) is 7.36. The zero-order valence-corrected chi connectivity index (χ0v) is 25.6. The molecule has 36 heavy (non-hydrogen) atoms. The van der Waals surface area contributed by atoms with Crippen LogP contribution in [0.5, 0.6) is 0 Å². The van der Waals surface area contributed by atoms with E-state index in [0.717, 1.165) is 17.9 Å². The first-order valence-corrected chi connectivity index (χ1v) is 15.3. The molecule has 2 unspecified atom stereocenters. The Bertz CT molecular complexity index is 1280. The van der Waals surface area contributed by atoms with Crippen molar-refractivity contribution >= 4 is 75.7 Å². The molecule has 0 amide bonds. The van der Waals surface area contributed by atoms with Gasteiger partial charge in [-0.25, -0.2) is 0 Å². The summed E-state index contributed by atoms with van der Waals surface area (Å²) >= 11 is 15.0. The molecule has 0 saturated heterocycles. The van der Waals surface area contributed by atoms with Gasteiger partial charge in [0, 0.05) is 41.6 Å².